The van der Waals surface area contributed by atoms with Crippen LogP contribution in [0.2, 0.25) is 0 Å². The molecule has 4 rings (SSSR count). The summed E-state index contributed by atoms with van der Waals surface area (Å²) in [6.07, 6.45) is 0. The van der Waals surface area contributed by atoms with Crippen molar-refractivity contribution in [3.05, 3.63) is 83.2 Å². The van der Waals surface area contributed by atoms with Crippen molar-refractivity contribution in [2.75, 3.05) is 17.3 Å². The summed E-state index contributed by atoms with van der Waals surface area (Å²) in [5.41, 5.74) is 2.44. The summed E-state index contributed by atoms with van der Waals surface area (Å²) < 4.78 is 19.2. The summed E-state index contributed by atoms with van der Waals surface area (Å²) >= 11 is 0. The molecule has 1 heterocycles. The van der Waals surface area contributed by atoms with Crippen LogP contribution in [0.15, 0.2) is 60.7 Å². The van der Waals surface area contributed by atoms with Crippen LogP contribution in [0.3, 0.4) is 0 Å². The van der Waals surface area contributed by atoms with Crippen LogP contribution in [-0.2, 0) is 0 Å². The molecule has 1 N–H and O–H groups in total. The maximum Gasteiger partial charge on any atom is 0.261 e. The third-order valence-corrected chi connectivity index (χ3v) is 4.66. The van der Waals surface area contributed by atoms with Gasteiger partial charge in [0, 0.05) is 18.3 Å². The van der Waals surface area contributed by atoms with E-state index in [2.05, 4.69) is 5.32 Å². The Balaban J connectivity index is 1.67. The van der Waals surface area contributed by atoms with E-state index in [0.717, 1.165) is 0 Å². The van der Waals surface area contributed by atoms with Gasteiger partial charge in [-0.25, -0.2) is 4.39 Å². The molecule has 0 spiro atoms. The Bertz CT molecular complexity index is 1110. The minimum absolute atomic E-state index is 0.221. The molecule has 0 bridgehead atoms. The number of anilines is 2. The Labute approximate surface area is 161 Å². The fourth-order valence-corrected chi connectivity index (χ4v) is 3.11. The summed E-state index contributed by atoms with van der Waals surface area (Å²) in [4.78, 5) is 26.9. The van der Waals surface area contributed by atoms with Crippen molar-refractivity contribution in [1.82, 2.24) is 0 Å². The molecular weight excluding hydrogens is 359 g/mol. The zero-order chi connectivity index (χ0) is 19.8. The number of carbonyl (C=O) groups excluding carboxylic acids is 2. The van der Waals surface area contributed by atoms with Gasteiger partial charge in [0.05, 0.1) is 11.3 Å². The highest BCUT2D eigenvalue weighted by Crippen LogP contribution is 2.38. The molecule has 3 aromatic rings. The Morgan fingerprint density at radius 3 is 2.61 bits per heavy atom. The molecule has 6 heteroatoms. The number of hydrogen-bond acceptors (Lipinski definition) is 3. The first-order valence-electron chi connectivity index (χ1n) is 8.70. The van der Waals surface area contributed by atoms with Gasteiger partial charge in [0.15, 0.2) is 5.75 Å². The molecule has 0 saturated heterocycles. The number of carbonyl (C=O) groups is 2. The lowest BCUT2D eigenvalue weighted by Crippen LogP contribution is -2.25. The summed E-state index contributed by atoms with van der Waals surface area (Å²) in [7, 11) is 1.64. The van der Waals surface area contributed by atoms with Crippen LogP contribution in [0.1, 0.15) is 26.3 Å². The van der Waals surface area contributed by atoms with Crippen LogP contribution in [0.5, 0.6) is 11.5 Å². The van der Waals surface area contributed by atoms with E-state index in [1.54, 1.807) is 56.4 Å². The maximum atomic E-state index is 13.3. The van der Waals surface area contributed by atoms with Gasteiger partial charge in [-0.1, -0.05) is 12.1 Å². The van der Waals surface area contributed by atoms with Crippen LogP contribution in [0.25, 0.3) is 0 Å². The molecule has 0 fully saturated rings. The molecule has 0 atom stereocenters. The van der Waals surface area contributed by atoms with Gasteiger partial charge in [-0.05, 0) is 61.0 Å². The first-order chi connectivity index (χ1) is 13.4. The summed E-state index contributed by atoms with van der Waals surface area (Å²) in [6.45, 7) is 1.72. The number of amides is 2. The van der Waals surface area contributed by atoms with E-state index in [0.29, 0.717) is 39.6 Å². The fraction of sp³-hybridized carbons (Fsp3) is 0.0909. The average molecular weight is 376 g/mol. The lowest BCUT2D eigenvalue weighted by molar-refractivity contribution is 0.0990. The largest absolute Gasteiger partial charge is 0.454 e. The van der Waals surface area contributed by atoms with Gasteiger partial charge >= 0.3 is 0 Å². The van der Waals surface area contributed by atoms with E-state index in [4.69, 9.17) is 4.74 Å². The van der Waals surface area contributed by atoms with Gasteiger partial charge < -0.3 is 15.0 Å². The molecule has 0 unspecified atom stereocenters. The molecule has 28 heavy (non-hydrogen) atoms. The number of halogens is 1. The molecular formula is C22H17FN2O3. The third-order valence-electron chi connectivity index (χ3n) is 4.66. The number of rotatable bonds is 2. The van der Waals surface area contributed by atoms with Crippen LogP contribution >= 0.6 is 0 Å². The molecule has 1 aliphatic heterocycles. The topological polar surface area (TPSA) is 58.6 Å². The first kappa shape index (κ1) is 17.7. The van der Waals surface area contributed by atoms with Gasteiger partial charge in [-0.15, -0.1) is 0 Å². The predicted molar refractivity (Wildman–Crippen MR) is 105 cm³/mol. The van der Waals surface area contributed by atoms with Crippen molar-refractivity contribution in [3.63, 3.8) is 0 Å². The van der Waals surface area contributed by atoms with Crippen molar-refractivity contribution in [2.45, 2.75) is 6.92 Å². The van der Waals surface area contributed by atoms with E-state index >= 15 is 0 Å². The molecule has 0 saturated carbocycles. The van der Waals surface area contributed by atoms with Crippen molar-refractivity contribution < 1.29 is 18.7 Å². The predicted octanol–water partition coefficient (Wildman–Crippen LogP) is 4.77. The minimum atomic E-state index is -0.364. The Kier molecular flexibility index (Phi) is 4.31. The van der Waals surface area contributed by atoms with Gasteiger partial charge in [0.1, 0.15) is 11.6 Å². The second-order valence-electron chi connectivity index (χ2n) is 6.56. The van der Waals surface area contributed by atoms with Gasteiger partial charge in [-0.3, -0.25) is 9.59 Å². The van der Waals surface area contributed by atoms with Crippen LogP contribution in [-0.4, -0.2) is 18.9 Å². The molecule has 3 aromatic carbocycles. The number of nitrogens with one attached hydrogen (secondary N) is 1. The van der Waals surface area contributed by atoms with Gasteiger partial charge in [-0.2, -0.15) is 0 Å². The number of para-hydroxylation sites is 1. The standard InChI is InChI=1S/C22H17FN2O3/c1-13-11-15(23)8-9-17(13)24-21(26)14-7-10-20-18(12-14)25(2)22(27)16-5-3-4-6-19(16)28-20/h3-12H,1-2H3,(H,24,26). The monoisotopic (exact) mass is 376 g/mol. The quantitative estimate of drug-likeness (QED) is 0.701. The van der Waals surface area contributed by atoms with Crippen LogP contribution in [0.4, 0.5) is 15.8 Å². The Hall–Kier alpha value is -3.67. The van der Waals surface area contributed by atoms with E-state index in [1.807, 2.05) is 0 Å². The molecule has 5 nitrogen and oxygen atoms in total. The highest BCUT2D eigenvalue weighted by molar-refractivity contribution is 6.11. The van der Waals surface area contributed by atoms with Crippen molar-refractivity contribution in [1.29, 1.82) is 0 Å². The number of benzene rings is 3. The molecule has 0 aromatic heterocycles. The molecule has 1 aliphatic rings. The van der Waals surface area contributed by atoms with Crippen LogP contribution < -0.4 is 15.0 Å². The van der Waals surface area contributed by atoms with E-state index in [1.165, 1.54) is 23.1 Å². The smallest absolute Gasteiger partial charge is 0.261 e. The fourth-order valence-electron chi connectivity index (χ4n) is 3.11. The second-order valence-corrected chi connectivity index (χ2v) is 6.56. The second kappa shape index (κ2) is 6.81. The zero-order valence-electron chi connectivity index (χ0n) is 15.3. The lowest BCUT2D eigenvalue weighted by atomic mass is 10.1. The first-order valence-corrected chi connectivity index (χ1v) is 8.70. The SMILES string of the molecule is Cc1cc(F)ccc1NC(=O)c1ccc2c(c1)N(C)C(=O)c1ccccc1O2. The highest BCUT2D eigenvalue weighted by atomic mass is 19.1. The highest BCUT2D eigenvalue weighted by Gasteiger charge is 2.26. The van der Waals surface area contributed by atoms with Gasteiger partial charge in [0.2, 0.25) is 0 Å². The number of aryl methyl sites for hydroxylation is 1. The van der Waals surface area contributed by atoms with Crippen LogP contribution in [0, 0.1) is 12.7 Å². The van der Waals surface area contributed by atoms with Crippen molar-refractivity contribution in [3.8, 4) is 11.5 Å². The van der Waals surface area contributed by atoms with Crippen molar-refractivity contribution in [2.24, 2.45) is 0 Å². The lowest BCUT2D eigenvalue weighted by Gasteiger charge is -2.17. The maximum absolute atomic E-state index is 13.3. The average Bonchev–Trinajstić information content (AvgIpc) is 2.79. The number of nitrogens with zero attached hydrogens (tertiary/aromatic N) is 1. The number of fused-ring (bicyclic) bond motifs is 2. The molecule has 140 valence electrons. The number of ether oxygens (including phenoxy) is 1. The minimum Gasteiger partial charge on any atom is -0.454 e. The molecule has 0 radical (unpaired) electrons. The Morgan fingerprint density at radius 1 is 1.04 bits per heavy atom. The molecule has 0 aliphatic carbocycles. The summed E-state index contributed by atoms with van der Waals surface area (Å²) in [6, 6.07) is 16.0. The van der Waals surface area contributed by atoms with E-state index in [9.17, 15) is 14.0 Å². The summed E-state index contributed by atoms with van der Waals surface area (Å²) in [5, 5.41) is 2.77. The van der Waals surface area contributed by atoms with Crippen molar-refractivity contribution >= 4 is 23.2 Å². The van der Waals surface area contributed by atoms with Gasteiger partial charge in [0.25, 0.3) is 11.8 Å². The third kappa shape index (κ3) is 3.09. The van der Waals surface area contributed by atoms with E-state index in [-0.39, 0.29) is 17.6 Å². The normalized spacial score (nSPS) is 12.5. The summed E-state index contributed by atoms with van der Waals surface area (Å²) in [5.74, 6) is 0.00587. The molecule has 2 amide bonds. The number of hydrogen-bond donors (Lipinski definition) is 1. The Morgan fingerprint density at radius 2 is 1.82 bits per heavy atom. The van der Waals surface area contributed by atoms with E-state index < -0.39 is 0 Å². The zero-order valence-corrected chi connectivity index (χ0v) is 15.3.